The smallest absolute Gasteiger partial charge is 0.387 e. The maximum atomic E-state index is 12.7. The number of alkyl halides is 3. The average Bonchev–Trinajstić information content (AvgIpc) is 2.45. The summed E-state index contributed by atoms with van der Waals surface area (Å²) in [6, 6.07) is 3.12. The summed E-state index contributed by atoms with van der Waals surface area (Å²) in [4.78, 5) is 12.0. The van der Waals surface area contributed by atoms with Crippen molar-refractivity contribution in [3.8, 4) is 0 Å². The molecule has 1 rings (SSSR count). The third-order valence-electron chi connectivity index (χ3n) is 3.18. The van der Waals surface area contributed by atoms with Crippen LogP contribution in [-0.2, 0) is 6.18 Å². The highest BCUT2D eigenvalue weighted by Gasteiger charge is 2.31. The molecular weight excluding hydrogens is 281 g/mol. The van der Waals surface area contributed by atoms with Gasteiger partial charge in [-0.15, -0.1) is 0 Å². The summed E-state index contributed by atoms with van der Waals surface area (Å²) in [5, 5.41) is 5.40. The molecule has 0 spiro atoms. The number of nitrogens with one attached hydrogen (secondary N) is 2. The van der Waals surface area contributed by atoms with Crippen molar-refractivity contribution >= 4 is 11.6 Å². The highest BCUT2D eigenvalue weighted by Crippen LogP contribution is 2.31. The molecule has 118 valence electrons. The number of carbonyl (C=O) groups excluding carboxylic acids is 1. The number of hydrogen-bond acceptors (Lipinski definition) is 2. The molecule has 0 heterocycles. The standard InChI is InChI=1S/C15H21F3N2O/c1-3-4-5-6-9-20-14(21)12-10-11(15(16,17)18)7-8-13(12)19-2/h7-8,10,19H,3-6,9H2,1-2H3,(H,20,21). The van der Waals surface area contributed by atoms with E-state index in [0.29, 0.717) is 12.2 Å². The largest absolute Gasteiger partial charge is 0.416 e. The first-order valence-corrected chi connectivity index (χ1v) is 7.07. The predicted molar refractivity (Wildman–Crippen MR) is 77.5 cm³/mol. The minimum absolute atomic E-state index is 0.0165. The van der Waals surface area contributed by atoms with Gasteiger partial charge in [0, 0.05) is 19.3 Å². The van der Waals surface area contributed by atoms with Crippen LogP contribution in [0.15, 0.2) is 18.2 Å². The van der Waals surface area contributed by atoms with Crippen molar-refractivity contribution in [2.24, 2.45) is 0 Å². The molecule has 0 aliphatic rings. The summed E-state index contributed by atoms with van der Waals surface area (Å²) >= 11 is 0. The Bertz CT molecular complexity index is 472. The zero-order chi connectivity index (χ0) is 15.9. The number of anilines is 1. The average molecular weight is 302 g/mol. The van der Waals surface area contributed by atoms with E-state index in [1.54, 1.807) is 7.05 Å². The number of hydrogen-bond donors (Lipinski definition) is 2. The van der Waals surface area contributed by atoms with Gasteiger partial charge in [-0.25, -0.2) is 0 Å². The first-order chi connectivity index (χ1) is 9.90. The SMILES string of the molecule is CCCCCCNC(=O)c1cc(C(F)(F)F)ccc1NC. The molecule has 1 amide bonds. The molecule has 3 nitrogen and oxygen atoms in total. The van der Waals surface area contributed by atoms with Gasteiger partial charge >= 0.3 is 6.18 Å². The first-order valence-electron chi connectivity index (χ1n) is 7.07. The number of halogens is 3. The van der Waals surface area contributed by atoms with Crippen LogP contribution in [0.1, 0.15) is 48.5 Å². The minimum Gasteiger partial charge on any atom is -0.387 e. The van der Waals surface area contributed by atoms with Crippen molar-refractivity contribution in [3.63, 3.8) is 0 Å². The van der Waals surface area contributed by atoms with E-state index in [4.69, 9.17) is 0 Å². The van der Waals surface area contributed by atoms with Crippen molar-refractivity contribution in [1.29, 1.82) is 0 Å². The van der Waals surface area contributed by atoms with Gasteiger partial charge in [0.05, 0.1) is 11.1 Å². The topological polar surface area (TPSA) is 41.1 Å². The van der Waals surface area contributed by atoms with Crippen LogP contribution in [0.2, 0.25) is 0 Å². The van der Waals surface area contributed by atoms with Crippen LogP contribution in [0.5, 0.6) is 0 Å². The molecule has 0 fully saturated rings. The summed E-state index contributed by atoms with van der Waals surface area (Å²) in [5.74, 6) is -0.484. The molecule has 6 heteroatoms. The number of benzene rings is 1. The Balaban J connectivity index is 2.77. The fourth-order valence-corrected chi connectivity index (χ4v) is 1.98. The maximum Gasteiger partial charge on any atom is 0.416 e. The summed E-state index contributed by atoms with van der Waals surface area (Å²) < 4.78 is 38.1. The van der Waals surface area contributed by atoms with Gasteiger partial charge in [0.15, 0.2) is 0 Å². The molecule has 1 aromatic rings. The lowest BCUT2D eigenvalue weighted by atomic mass is 10.1. The quantitative estimate of drug-likeness (QED) is 0.746. The van der Waals surface area contributed by atoms with Crippen molar-refractivity contribution in [1.82, 2.24) is 5.32 Å². The zero-order valence-corrected chi connectivity index (χ0v) is 12.3. The van der Waals surface area contributed by atoms with E-state index in [9.17, 15) is 18.0 Å². The van der Waals surface area contributed by atoms with Crippen LogP contribution in [0, 0.1) is 0 Å². The third-order valence-corrected chi connectivity index (χ3v) is 3.18. The molecule has 0 aliphatic heterocycles. The van der Waals surface area contributed by atoms with Crippen LogP contribution in [0.25, 0.3) is 0 Å². The van der Waals surface area contributed by atoms with Crippen molar-refractivity contribution < 1.29 is 18.0 Å². The Kier molecular flexibility index (Phi) is 6.52. The highest BCUT2D eigenvalue weighted by atomic mass is 19.4. The minimum atomic E-state index is -4.46. The molecule has 21 heavy (non-hydrogen) atoms. The molecule has 0 radical (unpaired) electrons. The second-order valence-corrected chi connectivity index (χ2v) is 4.82. The molecule has 1 aromatic carbocycles. The number of rotatable bonds is 7. The molecule has 0 aliphatic carbocycles. The number of amides is 1. The van der Waals surface area contributed by atoms with E-state index in [2.05, 4.69) is 17.6 Å². The second-order valence-electron chi connectivity index (χ2n) is 4.82. The molecule has 0 saturated carbocycles. The lowest BCUT2D eigenvalue weighted by Gasteiger charge is -2.13. The third kappa shape index (κ3) is 5.28. The van der Waals surface area contributed by atoms with Crippen molar-refractivity contribution in [2.45, 2.75) is 38.8 Å². The number of unbranched alkanes of at least 4 members (excludes halogenated alkanes) is 3. The Hall–Kier alpha value is -1.72. The van der Waals surface area contributed by atoms with Gasteiger partial charge in [0.1, 0.15) is 0 Å². The lowest BCUT2D eigenvalue weighted by molar-refractivity contribution is -0.137. The van der Waals surface area contributed by atoms with E-state index < -0.39 is 17.6 Å². The Morgan fingerprint density at radius 3 is 2.48 bits per heavy atom. The highest BCUT2D eigenvalue weighted by molar-refractivity contribution is 5.99. The van der Waals surface area contributed by atoms with Crippen LogP contribution in [0.3, 0.4) is 0 Å². The Labute approximate surface area is 122 Å². The van der Waals surface area contributed by atoms with E-state index in [0.717, 1.165) is 37.8 Å². The van der Waals surface area contributed by atoms with E-state index in [-0.39, 0.29) is 5.56 Å². The van der Waals surface area contributed by atoms with Gasteiger partial charge in [-0.3, -0.25) is 4.79 Å². The lowest BCUT2D eigenvalue weighted by Crippen LogP contribution is -2.25. The van der Waals surface area contributed by atoms with E-state index in [1.807, 2.05) is 0 Å². The number of carbonyl (C=O) groups is 1. The second kappa shape index (κ2) is 7.90. The van der Waals surface area contributed by atoms with Gasteiger partial charge in [-0.2, -0.15) is 13.2 Å². The molecule has 0 unspecified atom stereocenters. The molecule has 2 N–H and O–H groups in total. The van der Waals surface area contributed by atoms with Gasteiger partial charge in [0.2, 0.25) is 0 Å². The van der Waals surface area contributed by atoms with Crippen molar-refractivity contribution in [3.05, 3.63) is 29.3 Å². The fourth-order valence-electron chi connectivity index (χ4n) is 1.98. The predicted octanol–water partition coefficient (Wildman–Crippen LogP) is 4.06. The normalized spacial score (nSPS) is 11.3. The monoisotopic (exact) mass is 302 g/mol. The van der Waals surface area contributed by atoms with E-state index >= 15 is 0 Å². The maximum absolute atomic E-state index is 12.7. The van der Waals surface area contributed by atoms with Crippen LogP contribution >= 0.6 is 0 Å². The summed E-state index contributed by atoms with van der Waals surface area (Å²) in [5.41, 5.74) is -0.422. The van der Waals surface area contributed by atoms with Crippen molar-refractivity contribution in [2.75, 3.05) is 18.9 Å². The van der Waals surface area contributed by atoms with Gasteiger partial charge in [-0.05, 0) is 24.6 Å². The first kappa shape index (κ1) is 17.3. The summed E-state index contributed by atoms with van der Waals surface area (Å²) in [6.45, 7) is 2.55. The zero-order valence-electron chi connectivity index (χ0n) is 12.3. The van der Waals surface area contributed by atoms with Gasteiger partial charge < -0.3 is 10.6 Å². The molecule has 0 aromatic heterocycles. The summed E-state index contributed by atoms with van der Waals surface area (Å²) in [6.07, 6.45) is -0.458. The molecule has 0 saturated heterocycles. The van der Waals surface area contributed by atoms with Gasteiger partial charge in [0.25, 0.3) is 5.91 Å². The molecule has 0 atom stereocenters. The summed E-state index contributed by atoms with van der Waals surface area (Å²) in [7, 11) is 1.57. The van der Waals surface area contributed by atoms with Crippen LogP contribution in [0.4, 0.5) is 18.9 Å². The van der Waals surface area contributed by atoms with Crippen LogP contribution < -0.4 is 10.6 Å². The fraction of sp³-hybridized carbons (Fsp3) is 0.533. The molecular formula is C15H21F3N2O. The Morgan fingerprint density at radius 1 is 1.19 bits per heavy atom. The van der Waals surface area contributed by atoms with Gasteiger partial charge in [-0.1, -0.05) is 26.2 Å². The Morgan fingerprint density at radius 2 is 1.90 bits per heavy atom. The molecule has 0 bridgehead atoms. The van der Waals surface area contributed by atoms with Crippen LogP contribution in [-0.4, -0.2) is 19.5 Å². The van der Waals surface area contributed by atoms with E-state index in [1.165, 1.54) is 6.07 Å².